The third kappa shape index (κ3) is 11.8. The zero-order valence-electron chi connectivity index (χ0n) is 40.6. The fraction of sp³-hybridized carbons (Fsp3) is 0.250. The number of carboxylic acid groups (broad SMARTS) is 2. The number of aliphatic carboxylic acids is 2. The van der Waals surface area contributed by atoms with Gasteiger partial charge in [0.2, 0.25) is 0 Å². The summed E-state index contributed by atoms with van der Waals surface area (Å²) in [5.74, 6) is -7.69. The molecule has 16 nitrogen and oxygen atoms in total. The summed E-state index contributed by atoms with van der Waals surface area (Å²) >= 11 is 0. The maximum atomic E-state index is 14.6. The first-order chi connectivity index (χ1) is 34.2. The van der Waals surface area contributed by atoms with Crippen LogP contribution >= 0.6 is 0 Å². The van der Waals surface area contributed by atoms with Crippen molar-refractivity contribution in [1.82, 2.24) is 10.6 Å². The number of hydrogen-bond acceptors (Lipinski definition) is 10. The van der Waals surface area contributed by atoms with Crippen LogP contribution < -0.4 is 30.7 Å². The summed E-state index contributed by atoms with van der Waals surface area (Å²) in [6, 6.07) is 42.2. The highest BCUT2D eigenvalue weighted by atomic mass is 16.6. The molecule has 4 amide bonds. The van der Waals surface area contributed by atoms with E-state index >= 15 is 0 Å². The summed E-state index contributed by atoms with van der Waals surface area (Å²) in [4.78, 5) is 83.0. The molecule has 0 radical (unpaired) electrons. The van der Waals surface area contributed by atoms with E-state index in [4.69, 9.17) is 18.9 Å². The van der Waals surface area contributed by atoms with E-state index in [1.165, 1.54) is 72.8 Å². The molecule has 0 heterocycles. The molecule has 72 heavy (non-hydrogen) atoms. The van der Waals surface area contributed by atoms with Crippen molar-refractivity contribution in [2.24, 2.45) is 0 Å². The Hall–Kier alpha value is -8.66. The van der Waals surface area contributed by atoms with Crippen LogP contribution in [0.4, 0.5) is 21.0 Å². The van der Waals surface area contributed by atoms with Crippen molar-refractivity contribution >= 4 is 47.3 Å². The monoisotopic (exact) mass is 976 g/mol. The van der Waals surface area contributed by atoms with Gasteiger partial charge < -0.3 is 39.8 Å². The standard InChI is InChI=1S/C56H56N4O12/c1-53(2,3)71-51(67)57-41-25-17-39(18-26-41)47(61)59-55(49(63)64)45(37-21-29-43(30-22-37)69-33-35-13-9-7-10-14-35)56(50(65)66,46(55)38-23-31-44(32-24-38)70-34-36-15-11-8-12-16-36)60-48(62)40-19-27-42(28-20-40)58-52(68)72-54(4,5)6/h7-32,45-46H,33-34H2,1-6H3,(H,57,67)(H,58,68)(H,59,61)(H,60,62)(H,63,64)(H,65,66). The van der Waals surface area contributed by atoms with E-state index in [2.05, 4.69) is 21.3 Å². The molecular formula is C56H56N4O12. The Labute approximate surface area is 416 Å². The van der Waals surface area contributed by atoms with Crippen LogP contribution in [0.3, 0.4) is 0 Å². The van der Waals surface area contributed by atoms with Crippen molar-refractivity contribution in [1.29, 1.82) is 0 Å². The summed E-state index contributed by atoms with van der Waals surface area (Å²) in [7, 11) is 0. The highest BCUT2D eigenvalue weighted by molar-refractivity contribution is 6.06. The highest BCUT2D eigenvalue weighted by Crippen LogP contribution is 2.63. The number of carbonyl (C=O) groups excluding carboxylic acids is 4. The number of carbonyl (C=O) groups is 6. The largest absolute Gasteiger partial charge is 0.489 e. The van der Waals surface area contributed by atoms with Gasteiger partial charge in [-0.05, 0) is 137 Å². The molecule has 1 aliphatic rings. The number of rotatable bonds is 16. The molecule has 0 bridgehead atoms. The topological polar surface area (TPSA) is 228 Å². The molecule has 0 atom stereocenters. The maximum absolute atomic E-state index is 14.6. The Kier molecular flexibility index (Phi) is 15.0. The van der Waals surface area contributed by atoms with Crippen LogP contribution in [0, 0.1) is 0 Å². The predicted octanol–water partition coefficient (Wildman–Crippen LogP) is 9.93. The molecule has 6 aromatic carbocycles. The number of carboxylic acids is 2. The second kappa shape index (κ2) is 21.1. The fourth-order valence-electron chi connectivity index (χ4n) is 8.66. The molecule has 0 saturated heterocycles. The van der Waals surface area contributed by atoms with Gasteiger partial charge in [0.1, 0.15) is 35.9 Å². The van der Waals surface area contributed by atoms with Gasteiger partial charge in [-0.1, -0.05) is 84.9 Å². The molecule has 1 saturated carbocycles. The Balaban J connectivity index is 1.32. The molecule has 6 aromatic rings. The first-order valence-corrected chi connectivity index (χ1v) is 23.0. The average Bonchev–Trinajstić information content (AvgIpc) is 3.32. The lowest BCUT2D eigenvalue weighted by atomic mass is 9.43. The van der Waals surface area contributed by atoms with Gasteiger partial charge in [-0.3, -0.25) is 20.2 Å². The average molecular weight is 977 g/mol. The summed E-state index contributed by atoms with van der Waals surface area (Å²) in [6.45, 7) is 10.6. The lowest BCUT2D eigenvalue weighted by molar-refractivity contribution is -0.171. The minimum atomic E-state index is -2.49. The van der Waals surface area contributed by atoms with Crippen molar-refractivity contribution in [3.8, 4) is 11.5 Å². The zero-order chi connectivity index (χ0) is 51.8. The second-order valence-corrected chi connectivity index (χ2v) is 19.2. The summed E-state index contributed by atoms with van der Waals surface area (Å²) in [6.07, 6.45) is -1.48. The molecule has 1 aliphatic carbocycles. The van der Waals surface area contributed by atoms with Crippen molar-refractivity contribution in [3.63, 3.8) is 0 Å². The van der Waals surface area contributed by atoms with Crippen LogP contribution in [0.5, 0.6) is 11.5 Å². The maximum Gasteiger partial charge on any atom is 0.412 e. The molecule has 372 valence electrons. The van der Waals surface area contributed by atoms with E-state index < -0.39 is 70.1 Å². The highest BCUT2D eigenvalue weighted by Gasteiger charge is 2.80. The van der Waals surface area contributed by atoms with E-state index in [0.717, 1.165) is 11.1 Å². The normalized spacial score (nSPS) is 18.2. The Morgan fingerprint density at radius 2 is 0.778 bits per heavy atom. The minimum Gasteiger partial charge on any atom is -0.489 e. The number of anilines is 2. The van der Waals surface area contributed by atoms with Gasteiger partial charge in [-0.2, -0.15) is 0 Å². The quantitative estimate of drug-likeness (QED) is 0.0533. The van der Waals surface area contributed by atoms with Crippen molar-refractivity contribution in [2.75, 3.05) is 10.6 Å². The summed E-state index contributed by atoms with van der Waals surface area (Å²) in [5, 5.41) is 34.0. The number of nitrogens with one attached hydrogen (secondary N) is 4. The number of amides is 4. The van der Waals surface area contributed by atoms with E-state index in [9.17, 15) is 39.0 Å². The van der Waals surface area contributed by atoms with E-state index in [1.807, 2.05) is 60.7 Å². The molecule has 1 fully saturated rings. The molecule has 7 rings (SSSR count). The number of hydrogen-bond donors (Lipinski definition) is 6. The number of ether oxygens (including phenoxy) is 4. The van der Waals surface area contributed by atoms with Gasteiger partial charge in [0, 0.05) is 22.5 Å². The van der Waals surface area contributed by atoms with Gasteiger partial charge in [0.05, 0.1) is 11.8 Å². The zero-order valence-corrected chi connectivity index (χ0v) is 40.6. The molecular weight excluding hydrogens is 921 g/mol. The van der Waals surface area contributed by atoms with Crippen molar-refractivity contribution in [2.45, 2.75) is 88.9 Å². The van der Waals surface area contributed by atoms with Gasteiger partial charge in [-0.25, -0.2) is 19.2 Å². The van der Waals surface area contributed by atoms with Crippen LogP contribution in [0.15, 0.2) is 158 Å². The first-order valence-electron chi connectivity index (χ1n) is 23.0. The third-order valence-corrected chi connectivity index (χ3v) is 11.7. The van der Waals surface area contributed by atoms with Crippen LogP contribution in [-0.4, -0.2) is 68.4 Å². The molecule has 0 unspecified atom stereocenters. The summed E-state index contributed by atoms with van der Waals surface area (Å²) in [5.41, 5.74) is -4.06. The van der Waals surface area contributed by atoms with Crippen LogP contribution in [-0.2, 0) is 32.3 Å². The van der Waals surface area contributed by atoms with Gasteiger partial charge >= 0.3 is 24.1 Å². The Morgan fingerprint density at radius 1 is 0.458 bits per heavy atom. The molecule has 16 heteroatoms. The molecule has 6 N–H and O–H groups in total. The molecule has 0 spiro atoms. The fourth-order valence-corrected chi connectivity index (χ4v) is 8.66. The lowest BCUT2D eigenvalue weighted by Crippen LogP contribution is -2.86. The van der Waals surface area contributed by atoms with Crippen molar-refractivity contribution in [3.05, 3.63) is 191 Å². The third-order valence-electron chi connectivity index (χ3n) is 11.7. The van der Waals surface area contributed by atoms with Gasteiger partial charge in [0.15, 0.2) is 11.1 Å². The van der Waals surface area contributed by atoms with Crippen LogP contribution in [0.2, 0.25) is 0 Å². The Bertz CT molecular complexity index is 2690. The second-order valence-electron chi connectivity index (χ2n) is 19.2. The molecule has 0 aromatic heterocycles. The SMILES string of the molecule is CC(C)(C)OC(=O)Nc1ccc(C(=O)NC2(C(=O)O)C(c3ccc(OCc4ccccc4)cc3)C(NC(=O)c3ccc(NC(=O)OC(C)(C)C)cc3)(C(=O)O)C2c2ccc(OCc3ccccc3)cc2)cc1. The minimum absolute atomic E-state index is 0.0332. The van der Waals surface area contributed by atoms with E-state index in [0.29, 0.717) is 11.5 Å². The van der Waals surface area contributed by atoms with Gasteiger partial charge in [0.25, 0.3) is 11.8 Å². The molecule has 0 aliphatic heterocycles. The lowest BCUT2D eigenvalue weighted by Gasteiger charge is -2.64. The van der Waals surface area contributed by atoms with E-state index in [-0.39, 0.29) is 46.8 Å². The van der Waals surface area contributed by atoms with Crippen molar-refractivity contribution < 1.29 is 57.9 Å². The van der Waals surface area contributed by atoms with Gasteiger partial charge in [-0.15, -0.1) is 0 Å². The first kappa shape index (κ1) is 51.2. The van der Waals surface area contributed by atoms with Crippen LogP contribution in [0.1, 0.15) is 96.3 Å². The van der Waals surface area contributed by atoms with Crippen LogP contribution in [0.25, 0.3) is 0 Å². The smallest absolute Gasteiger partial charge is 0.412 e. The Morgan fingerprint density at radius 3 is 1.07 bits per heavy atom. The van der Waals surface area contributed by atoms with E-state index in [1.54, 1.807) is 65.8 Å². The number of benzene rings is 6. The summed E-state index contributed by atoms with van der Waals surface area (Å²) < 4.78 is 22.8. The predicted molar refractivity (Wildman–Crippen MR) is 268 cm³/mol.